The van der Waals surface area contributed by atoms with Gasteiger partial charge in [-0.3, -0.25) is 9.59 Å². The number of hydrogen-bond acceptors (Lipinski definition) is 4. The van der Waals surface area contributed by atoms with Crippen LogP contribution in [0.25, 0.3) is 0 Å². The third kappa shape index (κ3) is 6.31. The normalized spacial score (nSPS) is 11.2. The Bertz CT molecular complexity index is 459. The largest absolute Gasteiger partial charge is 0.354 e. The third-order valence-corrected chi connectivity index (χ3v) is 4.54. The molecule has 1 aromatic rings. The molecule has 0 aliphatic rings. The number of nitrogens with two attached hydrogens (primary N) is 1. The first kappa shape index (κ1) is 17.7. The molecule has 116 valence electrons. The first-order valence-corrected chi connectivity index (χ1v) is 8.38. The maximum absolute atomic E-state index is 11.9. The van der Waals surface area contributed by atoms with Gasteiger partial charge in [-0.1, -0.05) is 44.2 Å². The molecule has 0 fully saturated rings. The molecule has 0 unspecified atom stereocenters. The number of ketones is 1. The van der Waals surface area contributed by atoms with Crippen LogP contribution >= 0.6 is 11.8 Å². The molecule has 0 bridgehead atoms. The molecule has 0 aromatic heterocycles. The lowest BCUT2D eigenvalue weighted by atomic mass is 9.94. The Morgan fingerprint density at radius 1 is 1.14 bits per heavy atom. The van der Waals surface area contributed by atoms with Crippen molar-refractivity contribution in [2.75, 3.05) is 18.1 Å². The molecule has 21 heavy (non-hydrogen) atoms. The fourth-order valence-electron chi connectivity index (χ4n) is 1.77. The molecule has 5 heteroatoms. The summed E-state index contributed by atoms with van der Waals surface area (Å²) < 4.78 is 0. The van der Waals surface area contributed by atoms with E-state index in [-0.39, 0.29) is 23.0 Å². The van der Waals surface area contributed by atoms with E-state index in [1.165, 1.54) is 11.8 Å². The molecule has 0 heterocycles. The molecule has 0 saturated heterocycles. The number of thioether (sulfide) groups is 1. The Balaban J connectivity index is 2.26. The summed E-state index contributed by atoms with van der Waals surface area (Å²) in [4.78, 5) is 23.6. The van der Waals surface area contributed by atoms with E-state index in [2.05, 4.69) is 5.32 Å². The molecular weight excluding hydrogens is 284 g/mol. The first-order chi connectivity index (χ1) is 10.0. The lowest BCUT2D eigenvalue weighted by Gasteiger charge is -2.26. The van der Waals surface area contributed by atoms with Crippen molar-refractivity contribution in [3.05, 3.63) is 35.9 Å². The van der Waals surface area contributed by atoms with Crippen molar-refractivity contribution in [3.8, 4) is 0 Å². The average Bonchev–Trinajstić information content (AvgIpc) is 2.53. The van der Waals surface area contributed by atoms with Crippen LogP contribution in [0.5, 0.6) is 0 Å². The van der Waals surface area contributed by atoms with Crippen LogP contribution in [-0.4, -0.2) is 35.3 Å². The van der Waals surface area contributed by atoms with Crippen molar-refractivity contribution >= 4 is 23.5 Å². The summed E-state index contributed by atoms with van der Waals surface area (Å²) in [7, 11) is 0. The Morgan fingerprint density at radius 2 is 1.76 bits per heavy atom. The monoisotopic (exact) mass is 308 g/mol. The lowest BCUT2D eigenvalue weighted by Crippen LogP contribution is -2.49. The second-order valence-corrected chi connectivity index (χ2v) is 6.11. The zero-order valence-corrected chi connectivity index (χ0v) is 13.5. The van der Waals surface area contributed by atoms with E-state index in [4.69, 9.17) is 5.73 Å². The van der Waals surface area contributed by atoms with Crippen LogP contribution in [-0.2, 0) is 4.79 Å². The number of amides is 1. The van der Waals surface area contributed by atoms with Gasteiger partial charge in [-0.15, -0.1) is 11.8 Å². The molecule has 0 aliphatic carbocycles. The Kier molecular flexibility index (Phi) is 7.47. The van der Waals surface area contributed by atoms with Gasteiger partial charge >= 0.3 is 0 Å². The highest BCUT2D eigenvalue weighted by Gasteiger charge is 2.20. The lowest BCUT2D eigenvalue weighted by molar-refractivity contribution is -0.118. The van der Waals surface area contributed by atoms with Gasteiger partial charge in [-0.2, -0.15) is 0 Å². The van der Waals surface area contributed by atoms with Crippen molar-refractivity contribution < 1.29 is 9.59 Å². The van der Waals surface area contributed by atoms with E-state index < -0.39 is 0 Å². The van der Waals surface area contributed by atoms with E-state index >= 15 is 0 Å². The molecule has 1 amide bonds. The number of hydrogen-bond donors (Lipinski definition) is 2. The first-order valence-electron chi connectivity index (χ1n) is 7.22. The summed E-state index contributed by atoms with van der Waals surface area (Å²) in [5.74, 6) is 0.566. The smallest absolute Gasteiger partial charge is 0.230 e. The highest BCUT2D eigenvalue weighted by molar-refractivity contribution is 8.00. The topological polar surface area (TPSA) is 72.2 Å². The van der Waals surface area contributed by atoms with Gasteiger partial charge < -0.3 is 11.1 Å². The van der Waals surface area contributed by atoms with Gasteiger partial charge in [0.05, 0.1) is 11.5 Å². The quantitative estimate of drug-likeness (QED) is 0.686. The van der Waals surface area contributed by atoms with Gasteiger partial charge in [0.2, 0.25) is 5.91 Å². The van der Waals surface area contributed by atoms with Crippen LogP contribution in [0.1, 0.15) is 37.0 Å². The standard InChI is InChI=1S/C16H24N2O2S/c1-3-16(17,4-2)12-18-15(20)11-21-10-14(19)13-8-6-5-7-9-13/h5-9H,3-4,10-12,17H2,1-2H3,(H,18,20). The molecule has 3 N–H and O–H groups in total. The maximum Gasteiger partial charge on any atom is 0.230 e. The van der Waals surface area contributed by atoms with Crippen LogP contribution < -0.4 is 11.1 Å². The average molecular weight is 308 g/mol. The highest BCUT2D eigenvalue weighted by atomic mass is 32.2. The zero-order valence-electron chi connectivity index (χ0n) is 12.7. The van der Waals surface area contributed by atoms with Crippen LogP contribution in [0, 0.1) is 0 Å². The predicted octanol–water partition coefficient (Wildman–Crippen LogP) is 2.24. The number of carbonyl (C=O) groups is 2. The minimum Gasteiger partial charge on any atom is -0.354 e. The number of carbonyl (C=O) groups excluding carboxylic acids is 2. The number of nitrogens with one attached hydrogen (secondary N) is 1. The predicted molar refractivity (Wildman–Crippen MR) is 88.6 cm³/mol. The van der Waals surface area contributed by atoms with E-state index in [1.54, 1.807) is 12.1 Å². The van der Waals surface area contributed by atoms with E-state index in [0.29, 0.717) is 17.9 Å². The molecular formula is C16H24N2O2S. The Hall–Kier alpha value is -1.33. The Labute approximate surface area is 130 Å². The summed E-state index contributed by atoms with van der Waals surface area (Å²) in [5.41, 5.74) is 6.47. The van der Waals surface area contributed by atoms with E-state index in [9.17, 15) is 9.59 Å². The number of Topliss-reactive ketones (excluding diaryl/α,β-unsaturated/α-hetero) is 1. The van der Waals surface area contributed by atoms with Gasteiger partial charge in [0.25, 0.3) is 0 Å². The number of benzene rings is 1. The van der Waals surface area contributed by atoms with Gasteiger partial charge in [0, 0.05) is 17.6 Å². The van der Waals surface area contributed by atoms with Crippen molar-refractivity contribution in [2.24, 2.45) is 5.73 Å². The molecule has 0 spiro atoms. The van der Waals surface area contributed by atoms with Crippen LogP contribution in [0.2, 0.25) is 0 Å². The van der Waals surface area contributed by atoms with Crippen LogP contribution in [0.4, 0.5) is 0 Å². The summed E-state index contributed by atoms with van der Waals surface area (Å²) in [6.45, 7) is 4.51. The van der Waals surface area contributed by atoms with Gasteiger partial charge in [0.15, 0.2) is 5.78 Å². The van der Waals surface area contributed by atoms with Crippen molar-refractivity contribution in [3.63, 3.8) is 0 Å². The fourth-order valence-corrected chi connectivity index (χ4v) is 2.51. The molecule has 1 rings (SSSR count). The molecule has 0 aliphatic heterocycles. The van der Waals surface area contributed by atoms with Gasteiger partial charge in [-0.25, -0.2) is 0 Å². The summed E-state index contributed by atoms with van der Waals surface area (Å²) in [6, 6.07) is 9.11. The van der Waals surface area contributed by atoms with Crippen molar-refractivity contribution in [1.82, 2.24) is 5.32 Å². The fraction of sp³-hybridized carbons (Fsp3) is 0.500. The van der Waals surface area contributed by atoms with Crippen LogP contribution in [0.15, 0.2) is 30.3 Å². The molecule has 1 aromatic carbocycles. The van der Waals surface area contributed by atoms with E-state index in [0.717, 1.165) is 12.8 Å². The highest BCUT2D eigenvalue weighted by Crippen LogP contribution is 2.10. The Morgan fingerprint density at radius 3 is 2.33 bits per heavy atom. The van der Waals surface area contributed by atoms with E-state index in [1.807, 2.05) is 32.0 Å². The summed E-state index contributed by atoms with van der Waals surface area (Å²) in [5, 5.41) is 2.84. The van der Waals surface area contributed by atoms with Gasteiger partial charge in [-0.05, 0) is 12.8 Å². The zero-order chi connectivity index (χ0) is 15.7. The van der Waals surface area contributed by atoms with Gasteiger partial charge in [0.1, 0.15) is 0 Å². The number of rotatable bonds is 9. The minimum absolute atomic E-state index is 0.0451. The second kappa shape index (κ2) is 8.85. The summed E-state index contributed by atoms with van der Waals surface area (Å²) >= 11 is 1.33. The minimum atomic E-state index is -0.333. The third-order valence-electron chi connectivity index (χ3n) is 3.61. The molecule has 4 nitrogen and oxygen atoms in total. The van der Waals surface area contributed by atoms with Crippen molar-refractivity contribution in [1.29, 1.82) is 0 Å². The molecule has 0 atom stereocenters. The van der Waals surface area contributed by atoms with Crippen molar-refractivity contribution in [2.45, 2.75) is 32.2 Å². The van der Waals surface area contributed by atoms with Crippen LogP contribution in [0.3, 0.4) is 0 Å². The summed E-state index contributed by atoms with van der Waals surface area (Å²) in [6.07, 6.45) is 1.65. The molecule has 0 saturated carbocycles. The maximum atomic E-state index is 11.9. The second-order valence-electron chi connectivity index (χ2n) is 5.13. The molecule has 0 radical (unpaired) electrons. The SMILES string of the molecule is CCC(N)(CC)CNC(=O)CSCC(=O)c1ccccc1.